The molecule has 2 aromatic rings. The maximum absolute atomic E-state index is 11.8. The number of fused-ring (bicyclic) bond motifs is 2. The Morgan fingerprint density at radius 3 is 2.79 bits per heavy atom. The van der Waals surface area contributed by atoms with Gasteiger partial charge in [0.2, 0.25) is 6.73 Å². The maximum Gasteiger partial charge on any atom is 0.337 e. The zero-order valence-electron chi connectivity index (χ0n) is 17.2. The number of nitrogens with one attached hydrogen (secondary N) is 1. The summed E-state index contributed by atoms with van der Waals surface area (Å²) in [5.41, 5.74) is 3.60. The number of amidine groups is 1. The van der Waals surface area contributed by atoms with Crippen molar-refractivity contribution in [3.05, 3.63) is 52.9 Å². The van der Waals surface area contributed by atoms with Crippen molar-refractivity contribution in [3.8, 4) is 0 Å². The number of aliphatic imine (C=N–C) groups is 1. The molecule has 4 rings (SSSR count). The number of anilines is 2. The standard InChI is InChI=1S/C22H27N4O2S/c1-15(2)22(27)28-14-26(4)11-9-25(10-12-26)20-17-13-16(3)29-21(17)24-19-8-6-5-7-18(19)23-20/h5-8,13,24H,1,9-12,14H2,2-4H3/q+1. The lowest BCUT2D eigenvalue weighted by atomic mass is 10.2. The third-order valence-electron chi connectivity index (χ3n) is 5.45. The van der Waals surface area contributed by atoms with Gasteiger partial charge in [-0.3, -0.25) is 4.48 Å². The first kappa shape index (κ1) is 19.7. The van der Waals surface area contributed by atoms with E-state index < -0.39 is 0 Å². The van der Waals surface area contributed by atoms with E-state index in [2.05, 4.69) is 42.9 Å². The highest BCUT2D eigenvalue weighted by Gasteiger charge is 2.33. The van der Waals surface area contributed by atoms with Crippen molar-refractivity contribution in [2.75, 3.05) is 45.3 Å². The molecule has 7 heteroatoms. The van der Waals surface area contributed by atoms with Crippen molar-refractivity contribution in [2.45, 2.75) is 13.8 Å². The summed E-state index contributed by atoms with van der Waals surface area (Å²) >= 11 is 1.76. The molecule has 0 aliphatic carbocycles. The van der Waals surface area contributed by atoms with Crippen molar-refractivity contribution in [1.29, 1.82) is 0 Å². The molecule has 2 aliphatic heterocycles. The fourth-order valence-electron chi connectivity index (χ4n) is 3.61. The van der Waals surface area contributed by atoms with E-state index in [-0.39, 0.29) is 5.97 Å². The molecule has 1 saturated heterocycles. The van der Waals surface area contributed by atoms with Crippen molar-refractivity contribution < 1.29 is 14.0 Å². The normalized spacial score (nSPS) is 17.3. The Hall–Kier alpha value is -2.64. The van der Waals surface area contributed by atoms with Crippen LogP contribution in [0.25, 0.3) is 0 Å². The Balaban J connectivity index is 1.55. The van der Waals surface area contributed by atoms with Gasteiger partial charge in [0.15, 0.2) is 0 Å². The average Bonchev–Trinajstić information content (AvgIpc) is 2.98. The molecule has 0 spiro atoms. The number of hydrogen-bond donors (Lipinski definition) is 1. The Morgan fingerprint density at radius 1 is 1.34 bits per heavy atom. The maximum atomic E-state index is 11.8. The summed E-state index contributed by atoms with van der Waals surface area (Å²) in [6.07, 6.45) is 0. The van der Waals surface area contributed by atoms with Crippen molar-refractivity contribution in [2.24, 2.45) is 4.99 Å². The van der Waals surface area contributed by atoms with Gasteiger partial charge in [-0.25, -0.2) is 9.79 Å². The Bertz CT molecular complexity index is 986. The lowest BCUT2D eigenvalue weighted by molar-refractivity contribution is -0.928. The molecule has 0 bridgehead atoms. The van der Waals surface area contributed by atoms with Gasteiger partial charge in [0.25, 0.3) is 0 Å². The van der Waals surface area contributed by atoms with Crippen LogP contribution in [0.2, 0.25) is 0 Å². The molecule has 6 nitrogen and oxygen atoms in total. The van der Waals surface area contributed by atoms with Crippen LogP contribution in [0.3, 0.4) is 0 Å². The van der Waals surface area contributed by atoms with E-state index >= 15 is 0 Å². The second kappa shape index (κ2) is 7.65. The average molecular weight is 412 g/mol. The molecular weight excluding hydrogens is 384 g/mol. The van der Waals surface area contributed by atoms with Crippen LogP contribution < -0.4 is 5.32 Å². The van der Waals surface area contributed by atoms with E-state index in [1.54, 1.807) is 18.3 Å². The summed E-state index contributed by atoms with van der Waals surface area (Å²) in [5.74, 6) is 0.702. The minimum Gasteiger partial charge on any atom is -0.412 e. The number of piperazine rings is 1. The SMILES string of the molecule is C=C(C)C(=O)OC[N+]1(C)CCN(C2=Nc3ccccc3Nc3sc(C)cc32)CC1. The van der Waals surface area contributed by atoms with E-state index in [4.69, 9.17) is 9.73 Å². The summed E-state index contributed by atoms with van der Waals surface area (Å²) in [4.78, 5) is 20.4. The van der Waals surface area contributed by atoms with Gasteiger partial charge in [0.05, 0.1) is 50.2 Å². The number of aryl methyl sites for hydroxylation is 1. The van der Waals surface area contributed by atoms with Crippen LogP contribution in [0, 0.1) is 6.92 Å². The molecule has 0 unspecified atom stereocenters. The molecule has 2 aliphatic rings. The Kier molecular flexibility index (Phi) is 5.19. The molecule has 1 fully saturated rings. The van der Waals surface area contributed by atoms with Crippen molar-refractivity contribution >= 4 is 39.5 Å². The monoisotopic (exact) mass is 411 g/mol. The van der Waals surface area contributed by atoms with E-state index in [9.17, 15) is 4.79 Å². The van der Waals surface area contributed by atoms with Gasteiger partial charge in [-0.1, -0.05) is 18.7 Å². The quantitative estimate of drug-likeness (QED) is 0.471. The molecule has 0 amide bonds. The van der Waals surface area contributed by atoms with Gasteiger partial charge in [0, 0.05) is 10.5 Å². The van der Waals surface area contributed by atoms with Gasteiger partial charge in [-0.05, 0) is 32.0 Å². The lowest BCUT2D eigenvalue weighted by Gasteiger charge is -2.42. The van der Waals surface area contributed by atoms with Crippen LogP contribution in [0.1, 0.15) is 17.4 Å². The highest BCUT2D eigenvalue weighted by Crippen LogP contribution is 2.39. The number of likely N-dealkylation sites (N-methyl/N-ethyl adjacent to an activating group) is 1. The van der Waals surface area contributed by atoms with E-state index in [1.807, 2.05) is 18.2 Å². The predicted octanol–water partition coefficient (Wildman–Crippen LogP) is 4.03. The summed E-state index contributed by atoms with van der Waals surface area (Å²) < 4.78 is 6.13. The number of esters is 1. The smallest absolute Gasteiger partial charge is 0.337 e. The largest absolute Gasteiger partial charge is 0.412 e. The minimum atomic E-state index is -0.319. The Morgan fingerprint density at radius 2 is 2.07 bits per heavy atom. The van der Waals surface area contributed by atoms with Gasteiger partial charge in [-0.2, -0.15) is 0 Å². The molecule has 0 atom stereocenters. The fraction of sp³-hybridized carbons (Fsp3) is 0.364. The van der Waals surface area contributed by atoms with E-state index in [0.29, 0.717) is 16.8 Å². The zero-order chi connectivity index (χ0) is 20.6. The number of thiophene rings is 1. The van der Waals surface area contributed by atoms with Crippen molar-refractivity contribution in [3.63, 3.8) is 0 Å². The molecule has 152 valence electrons. The number of nitrogens with zero attached hydrogens (tertiary/aromatic N) is 3. The summed E-state index contributed by atoms with van der Waals surface area (Å²) in [5, 5.41) is 4.70. The number of carbonyl (C=O) groups excluding carboxylic acids is 1. The molecule has 0 radical (unpaired) electrons. The molecule has 1 N–H and O–H groups in total. The first-order valence-corrected chi connectivity index (χ1v) is 10.6. The van der Waals surface area contributed by atoms with Crippen LogP contribution in [0.4, 0.5) is 16.4 Å². The van der Waals surface area contributed by atoms with E-state index in [0.717, 1.165) is 54.0 Å². The molecule has 1 aromatic carbocycles. The van der Waals surface area contributed by atoms with Gasteiger partial charge in [0.1, 0.15) is 10.8 Å². The summed E-state index contributed by atoms with van der Waals surface area (Å²) in [6.45, 7) is 11.3. The van der Waals surface area contributed by atoms with Crippen LogP contribution >= 0.6 is 11.3 Å². The van der Waals surface area contributed by atoms with Crippen LogP contribution in [0.5, 0.6) is 0 Å². The number of carbonyl (C=O) groups is 1. The summed E-state index contributed by atoms with van der Waals surface area (Å²) in [6, 6.07) is 10.4. The van der Waals surface area contributed by atoms with Crippen molar-refractivity contribution in [1.82, 2.24) is 4.90 Å². The molecule has 1 aromatic heterocycles. The number of hydrogen-bond acceptors (Lipinski definition) is 6. The predicted molar refractivity (Wildman–Crippen MR) is 118 cm³/mol. The second-order valence-electron chi connectivity index (χ2n) is 8.07. The highest BCUT2D eigenvalue weighted by molar-refractivity contribution is 7.16. The van der Waals surface area contributed by atoms with Crippen LogP contribution in [0.15, 0.2) is 47.5 Å². The summed E-state index contributed by atoms with van der Waals surface area (Å²) in [7, 11) is 2.13. The lowest BCUT2D eigenvalue weighted by Crippen LogP contribution is -2.59. The third-order valence-corrected chi connectivity index (χ3v) is 6.42. The van der Waals surface area contributed by atoms with Gasteiger partial charge in [-0.15, -0.1) is 11.3 Å². The third kappa shape index (κ3) is 4.06. The number of ether oxygens (including phenoxy) is 1. The fourth-order valence-corrected chi connectivity index (χ4v) is 4.53. The molecule has 29 heavy (non-hydrogen) atoms. The second-order valence-corrected chi connectivity index (χ2v) is 9.33. The first-order valence-electron chi connectivity index (χ1n) is 9.81. The van der Waals surface area contributed by atoms with Gasteiger partial charge < -0.3 is 15.0 Å². The molecule has 3 heterocycles. The number of rotatable bonds is 3. The van der Waals surface area contributed by atoms with E-state index in [1.165, 1.54) is 4.88 Å². The van der Waals surface area contributed by atoms with Crippen LogP contribution in [-0.2, 0) is 9.53 Å². The topological polar surface area (TPSA) is 53.9 Å². The zero-order valence-corrected chi connectivity index (χ0v) is 18.0. The first-order chi connectivity index (χ1) is 13.8. The highest BCUT2D eigenvalue weighted by atomic mass is 32.1. The minimum absolute atomic E-state index is 0.319. The molecule has 0 saturated carbocycles. The number of quaternary nitrogens is 1. The molecular formula is C22H27N4O2S+. The number of para-hydroxylation sites is 2. The Labute approximate surface area is 175 Å². The number of benzene rings is 1. The van der Waals surface area contributed by atoms with Crippen LogP contribution in [-0.4, -0.2) is 61.1 Å². The van der Waals surface area contributed by atoms with Gasteiger partial charge >= 0.3 is 5.97 Å².